The quantitative estimate of drug-likeness (QED) is 0.209. The monoisotopic (exact) mass is 578 g/mol. The number of hydrogen-bond donors (Lipinski definition) is 0. The third-order valence-corrected chi connectivity index (χ3v) is 7.52. The van der Waals surface area contributed by atoms with Crippen LogP contribution in [-0.2, 0) is 0 Å². The molecule has 0 aliphatic carbocycles. The van der Waals surface area contributed by atoms with Gasteiger partial charge in [0.05, 0.1) is 22.3 Å². The summed E-state index contributed by atoms with van der Waals surface area (Å²) in [5, 5.41) is 0. The van der Waals surface area contributed by atoms with Crippen LogP contribution in [0, 0.1) is 13.8 Å². The van der Waals surface area contributed by atoms with Crippen LogP contribution in [0.3, 0.4) is 0 Å². The van der Waals surface area contributed by atoms with E-state index in [1.807, 2.05) is 38.1 Å². The molecule has 0 saturated heterocycles. The predicted molar refractivity (Wildman–Crippen MR) is 159 cm³/mol. The van der Waals surface area contributed by atoms with E-state index in [9.17, 15) is 0 Å². The average molecular weight is 579 g/mol. The largest absolute Gasteiger partial charge is 0.418 e. The van der Waals surface area contributed by atoms with E-state index in [4.69, 9.17) is 37.6 Å². The maximum Gasteiger partial charge on any atom is 0.247 e. The molecule has 8 aromatic heterocycles. The van der Waals surface area contributed by atoms with Crippen molar-refractivity contribution in [2.45, 2.75) is 13.8 Å². The Kier molecular flexibility index (Phi) is 5.03. The number of nitrogens with zero attached hydrogens (tertiary/aromatic N) is 8. The van der Waals surface area contributed by atoms with E-state index in [2.05, 4.69) is 19.9 Å². The summed E-state index contributed by atoms with van der Waals surface area (Å²) in [6, 6.07) is 14.6. The van der Waals surface area contributed by atoms with Crippen molar-refractivity contribution < 1.29 is 17.7 Å². The van der Waals surface area contributed by atoms with Crippen LogP contribution >= 0.6 is 0 Å². The third kappa shape index (κ3) is 3.57. The van der Waals surface area contributed by atoms with Gasteiger partial charge in [0.2, 0.25) is 46.4 Å². The summed E-state index contributed by atoms with van der Waals surface area (Å²) in [4.78, 5) is 36.7. The van der Waals surface area contributed by atoms with Crippen LogP contribution < -0.4 is 0 Å². The second-order valence-electron chi connectivity index (χ2n) is 10.1. The zero-order valence-corrected chi connectivity index (χ0v) is 23.1. The highest BCUT2D eigenvalue weighted by molar-refractivity contribution is 5.98. The normalized spacial score (nSPS) is 11.9. The lowest BCUT2D eigenvalue weighted by atomic mass is 9.87. The maximum absolute atomic E-state index is 6.25. The Morgan fingerprint density at radius 1 is 0.386 bits per heavy atom. The van der Waals surface area contributed by atoms with Crippen molar-refractivity contribution in [3.8, 4) is 45.8 Å². The lowest BCUT2D eigenvalue weighted by Crippen LogP contribution is -2.02. The first-order chi connectivity index (χ1) is 21.6. The summed E-state index contributed by atoms with van der Waals surface area (Å²) in [7, 11) is 0. The SMILES string of the molecule is Cc1c(-c2nc3cccnc3o2)c(-c2nc3cccnc3o2)c(C)c(-c2nc3cccnc3o2)c1-c1nc2cccnc2o1. The highest BCUT2D eigenvalue weighted by Gasteiger charge is 2.32. The molecule has 0 spiro atoms. The lowest BCUT2D eigenvalue weighted by molar-refractivity contribution is 0.594. The molecule has 0 radical (unpaired) electrons. The van der Waals surface area contributed by atoms with E-state index < -0.39 is 0 Å². The smallest absolute Gasteiger partial charge is 0.247 e. The minimum atomic E-state index is 0.325. The highest BCUT2D eigenvalue weighted by Crippen LogP contribution is 2.48. The molecule has 0 saturated carbocycles. The van der Waals surface area contributed by atoms with Crippen molar-refractivity contribution in [2.75, 3.05) is 0 Å². The Morgan fingerprint density at radius 3 is 0.864 bits per heavy atom. The van der Waals surface area contributed by atoms with Crippen molar-refractivity contribution in [3.05, 3.63) is 84.4 Å². The summed E-state index contributed by atoms with van der Waals surface area (Å²) in [5.74, 6) is 1.30. The van der Waals surface area contributed by atoms with Crippen molar-refractivity contribution >= 4 is 44.9 Å². The van der Waals surface area contributed by atoms with E-state index in [-0.39, 0.29) is 0 Å². The third-order valence-electron chi connectivity index (χ3n) is 7.52. The summed E-state index contributed by atoms with van der Waals surface area (Å²) in [6.45, 7) is 3.87. The van der Waals surface area contributed by atoms with Gasteiger partial charge in [0, 0.05) is 24.8 Å². The summed E-state index contributed by atoms with van der Waals surface area (Å²) >= 11 is 0. The molecule has 0 fully saturated rings. The molecule has 0 N–H and O–H groups in total. The van der Waals surface area contributed by atoms with E-state index in [0.717, 1.165) is 0 Å². The van der Waals surface area contributed by atoms with Crippen LogP contribution in [0.25, 0.3) is 90.7 Å². The molecule has 210 valence electrons. The van der Waals surface area contributed by atoms with E-state index in [1.165, 1.54) is 0 Å². The molecule has 0 bridgehead atoms. The Hall–Kier alpha value is -6.30. The molecule has 44 heavy (non-hydrogen) atoms. The molecular formula is C32H18N8O4. The topological polar surface area (TPSA) is 156 Å². The van der Waals surface area contributed by atoms with Crippen LogP contribution in [0.5, 0.6) is 0 Å². The summed E-state index contributed by atoms with van der Waals surface area (Å²) < 4.78 is 25.0. The lowest BCUT2D eigenvalue weighted by Gasteiger charge is -2.18. The zero-order valence-electron chi connectivity index (χ0n) is 23.1. The van der Waals surface area contributed by atoms with Gasteiger partial charge in [-0.15, -0.1) is 0 Å². The van der Waals surface area contributed by atoms with Crippen LogP contribution in [0.1, 0.15) is 11.1 Å². The Balaban J connectivity index is 1.44. The molecule has 12 nitrogen and oxygen atoms in total. The number of hydrogen-bond acceptors (Lipinski definition) is 12. The second-order valence-corrected chi connectivity index (χ2v) is 10.1. The van der Waals surface area contributed by atoms with Gasteiger partial charge < -0.3 is 17.7 Å². The Morgan fingerprint density at radius 2 is 0.636 bits per heavy atom. The molecular weight excluding hydrogens is 560 g/mol. The fraction of sp³-hybridized carbons (Fsp3) is 0.0625. The van der Waals surface area contributed by atoms with Gasteiger partial charge in [-0.05, 0) is 73.5 Å². The minimum absolute atomic E-state index is 0.325. The maximum atomic E-state index is 6.25. The van der Waals surface area contributed by atoms with Gasteiger partial charge in [-0.1, -0.05) is 0 Å². The van der Waals surface area contributed by atoms with Gasteiger partial charge in [0.15, 0.2) is 0 Å². The number of pyridine rings is 4. The highest BCUT2D eigenvalue weighted by atomic mass is 16.4. The van der Waals surface area contributed by atoms with Gasteiger partial charge in [-0.25, -0.2) is 39.9 Å². The zero-order chi connectivity index (χ0) is 29.4. The van der Waals surface area contributed by atoms with E-state index in [0.29, 0.717) is 102 Å². The number of oxazole rings is 4. The van der Waals surface area contributed by atoms with Crippen molar-refractivity contribution in [2.24, 2.45) is 0 Å². The van der Waals surface area contributed by atoms with Gasteiger partial charge in [-0.3, -0.25) is 0 Å². The predicted octanol–water partition coefficient (Wildman–Crippen LogP) is 7.12. The molecule has 0 unspecified atom stereocenters. The van der Waals surface area contributed by atoms with Gasteiger partial charge in [0.25, 0.3) is 0 Å². The number of rotatable bonds is 4. The fourth-order valence-corrected chi connectivity index (χ4v) is 5.58. The summed E-state index contributed by atoms with van der Waals surface area (Å²) in [5.41, 5.74) is 7.90. The first kappa shape index (κ1) is 24.3. The first-order valence-electron chi connectivity index (χ1n) is 13.7. The molecule has 12 heteroatoms. The second kappa shape index (κ2) is 9.10. The van der Waals surface area contributed by atoms with Crippen LogP contribution in [-0.4, -0.2) is 39.9 Å². The molecule has 0 atom stereocenters. The van der Waals surface area contributed by atoms with E-state index >= 15 is 0 Å². The average Bonchev–Trinajstić information content (AvgIpc) is 3.84. The van der Waals surface area contributed by atoms with Gasteiger partial charge in [0.1, 0.15) is 22.1 Å². The van der Waals surface area contributed by atoms with Crippen molar-refractivity contribution in [1.29, 1.82) is 0 Å². The van der Waals surface area contributed by atoms with Crippen LogP contribution in [0.2, 0.25) is 0 Å². The number of fused-ring (bicyclic) bond motifs is 4. The Labute approximate surface area is 246 Å². The number of benzene rings is 1. The van der Waals surface area contributed by atoms with Crippen LogP contribution in [0.15, 0.2) is 91.0 Å². The van der Waals surface area contributed by atoms with E-state index in [1.54, 1.807) is 49.1 Å². The first-order valence-corrected chi connectivity index (χ1v) is 13.7. The molecule has 1 aromatic carbocycles. The fourth-order valence-electron chi connectivity index (χ4n) is 5.58. The Bertz CT molecular complexity index is 2080. The standard InChI is InChI=1S/C32H18N8O4/c1-15-21(29-37-17-7-3-11-33-25(17)41-29)23(31-39-19-9-5-13-35-27(19)43-31)16(2)24(32-40-20-10-6-14-36-28(20)44-32)22(15)30-38-18-8-4-12-34-26(18)42-30/h3-14H,1-2H3. The van der Waals surface area contributed by atoms with Crippen LogP contribution in [0.4, 0.5) is 0 Å². The van der Waals surface area contributed by atoms with Crippen molar-refractivity contribution in [3.63, 3.8) is 0 Å². The number of aromatic nitrogens is 8. The minimum Gasteiger partial charge on any atom is -0.418 e. The molecule has 0 aliphatic heterocycles. The van der Waals surface area contributed by atoms with Gasteiger partial charge in [-0.2, -0.15) is 0 Å². The summed E-state index contributed by atoms with van der Waals surface area (Å²) in [6.07, 6.45) is 6.63. The van der Waals surface area contributed by atoms with Gasteiger partial charge >= 0.3 is 0 Å². The molecule has 9 aromatic rings. The molecule has 0 amide bonds. The molecule has 9 rings (SSSR count). The molecule has 0 aliphatic rings. The molecule has 8 heterocycles. The van der Waals surface area contributed by atoms with Crippen molar-refractivity contribution in [1.82, 2.24) is 39.9 Å².